The molecule has 0 radical (unpaired) electrons. The highest BCUT2D eigenvalue weighted by Crippen LogP contribution is 2.97. The Kier molecular flexibility index (Phi) is 15.2. The first-order valence-electron chi connectivity index (χ1n) is 14.9. The van der Waals surface area contributed by atoms with E-state index in [4.69, 9.17) is 15.0 Å². The molecule has 0 spiro atoms. The number of rotatable bonds is 23. The van der Waals surface area contributed by atoms with Gasteiger partial charge in [-0.15, -0.1) is 0 Å². The first-order chi connectivity index (χ1) is 20.5. The highest BCUT2D eigenvalue weighted by molar-refractivity contribution is 8.49. The lowest BCUT2D eigenvalue weighted by Crippen LogP contribution is -2.17. The lowest BCUT2D eigenvalue weighted by atomic mass is 10.1. The van der Waals surface area contributed by atoms with E-state index in [0.29, 0.717) is 37.0 Å². The molecule has 254 valence electrons. The average molecular weight is 694 g/mol. The van der Waals surface area contributed by atoms with Crippen molar-refractivity contribution in [2.24, 2.45) is 0 Å². The summed E-state index contributed by atoms with van der Waals surface area (Å²) in [5, 5.41) is 0.250. The zero-order valence-electron chi connectivity index (χ0n) is 25.2. The topological polar surface area (TPSA) is 125 Å². The number of fused-ring (bicyclic) bond motifs is 1. The van der Waals surface area contributed by atoms with E-state index < -0.39 is 24.2 Å². The van der Waals surface area contributed by atoms with E-state index in [1.54, 1.807) is 35.5 Å². The average Bonchev–Trinajstić information content (AvgIpc) is 3.33. The Morgan fingerprint density at radius 1 is 0.955 bits per heavy atom. The van der Waals surface area contributed by atoms with Crippen LogP contribution < -0.4 is 5.73 Å². The molecule has 0 saturated carbocycles. The van der Waals surface area contributed by atoms with Gasteiger partial charge in [0.1, 0.15) is 18.2 Å². The molecule has 44 heavy (non-hydrogen) atoms. The smallest absolute Gasteiger partial charge is 0.353 e. The van der Waals surface area contributed by atoms with Crippen LogP contribution in [0, 0.1) is 11.2 Å². The molecular weight excluding hydrogens is 648 g/mol. The number of nitrogen functional groups attached to an aromatic ring is 1. The number of anilines is 1. The van der Waals surface area contributed by atoms with Crippen LogP contribution in [0.25, 0.3) is 11.2 Å². The molecule has 9 nitrogen and oxygen atoms in total. The van der Waals surface area contributed by atoms with Gasteiger partial charge < -0.3 is 24.5 Å². The van der Waals surface area contributed by atoms with Crippen LogP contribution in [0.4, 0.5) is 25.2 Å². The summed E-state index contributed by atoms with van der Waals surface area (Å²) in [7, 11) is -13.4. The van der Waals surface area contributed by atoms with Crippen molar-refractivity contribution < 1.29 is 38.1 Å². The standard InChI is InChI=1S/C27H45F5N5O4PS2/c1-24(20-37-22-36-25-26(33)34-21-35-27(25)37)40-23-42(38,39)41-16-15-18-43-17-13-11-9-7-5-3-2-4-6-8-10-12-14-19-44(28,29,30,31)32/h21-22,24H,2-13,15-18,20,23H2,1H3,(H,38,39)(H2,33,34,35)/t24-/m1/s1. The minimum absolute atomic E-state index is 0.154. The highest BCUT2D eigenvalue weighted by Gasteiger charge is 2.62. The number of unbranched alkanes of at least 4 members (excludes halogenated alkanes) is 11. The Morgan fingerprint density at radius 2 is 1.55 bits per heavy atom. The van der Waals surface area contributed by atoms with Gasteiger partial charge in [0.2, 0.25) is 0 Å². The maximum absolute atomic E-state index is 12.3. The maximum Gasteiger partial charge on any atom is 0.353 e. The molecule has 17 heteroatoms. The third-order valence-electron chi connectivity index (χ3n) is 6.49. The van der Waals surface area contributed by atoms with E-state index >= 15 is 0 Å². The second-order valence-electron chi connectivity index (χ2n) is 10.8. The molecule has 0 aromatic carbocycles. The Balaban J connectivity index is 1.36. The van der Waals surface area contributed by atoms with Gasteiger partial charge in [-0.25, -0.2) is 15.0 Å². The number of thioether (sulfide) groups is 1. The van der Waals surface area contributed by atoms with Crippen molar-refractivity contribution in [3.05, 3.63) is 12.7 Å². The summed E-state index contributed by atoms with van der Waals surface area (Å²) in [6.45, 7) is 2.34. The van der Waals surface area contributed by atoms with Gasteiger partial charge in [0.15, 0.2) is 11.5 Å². The molecule has 2 aromatic rings. The second kappa shape index (κ2) is 17.3. The van der Waals surface area contributed by atoms with Crippen molar-refractivity contribution in [2.75, 3.05) is 30.2 Å². The van der Waals surface area contributed by atoms with Crippen LogP contribution in [-0.4, -0.2) is 55.0 Å². The highest BCUT2D eigenvalue weighted by atomic mass is 32.5. The minimum atomic E-state index is -9.58. The summed E-state index contributed by atoms with van der Waals surface area (Å²) in [6, 6.07) is 0. The van der Waals surface area contributed by atoms with Gasteiger partial charge in [0.25, 0.3) is 0 Å². The number of hydrogen-bond acceptors (Lipinski definition) is 8. The molecule has 0 saturated heterocycles. The predicted octanol–water partition coefficient (Wildman–Crippen LogP) is 9.04. The van der Waals surface area contributed by atoms with Gasteiger partial charge in [0.05, 0.1) is 30.8 Å². The number of nitrogens with two attached hydrogens (primary N) is 1. The number of nitrogens with zero attached hydrogens (tertiary/aromatic N) is 4. The van der Waals surface area contributed by atoms with Gasteiger partial charge >= 0.3 is 17.8 Å². The van der Waals surface area contributed by atoms with Crippen LogP contribution in [0.3, 0.4) is 0 Å². The number of aromatic nitrogens is 4. The van der Waals surface area contributed by atoms with Gasteiger partial charge in [-0.2, -0.15) is 11.8 Å². The molecule has 2 atom stereocenters. The Bertz CT molecular complexity index is 1260. The normalized spacial score (nSPS) is 15.7. The largest absolute Gasteiger partial charge is 0.382 e. The fourth-order valence-corrected chi connectivity index (χ4v) is 6.53. The molecule has 1 unspecified atom stereocenters. The van der Waals surface area contributed by atoms with Crippen LogP contribution in [0.5, 0.6) is 0 Å². The lowest BCUT2D eigenvalue weighted by Gasteiger charge is -2.33. The molecule has 0 amide bonds. The molecule has 2 heterocycles. The van der Waals surface area contributed by atoms with Crippen LogP contribution in [0.1, 0.15) is 90.4 Å². The molecule has 3 N–H and O–H groups in total. The number of hydrogen-bond donors (Lipinski definition) is 2. The van der Waals surface area contributed by atoms with Crippen molar-refractivity contribution in [1.29, 1.82) is 0 Å². The fraction of sp³-hybridized carbons (Fsp3) is 0.741. The number of imidazole rings is 1. The summed E-state index contributed by atoms with van der Waals surface area (Å²) < 4.78 is 85.2. The van der Waals surface area contributed by atoms with Crippen molar-refractivity contribution in [1.82, 2.24) is 19.5 Å². The van der Waals surface area contributed by atoms with Crippen LogP contribution in [0.15, 0.2) is 12.7 Å². The van der Waals surface area contributed by atoms with E-state index in [1.807, 2.05) is 0 Å². The van der Waals surface area contributed by atoms with E-state index in [1.165, 1.54) is 12.7 Å². The predicted molar refractivity (Wildman–Crippen MR) is 169 cm³/mol. The fourth-order valence-electron chi connectivity index (χ4n) is 4.29. The van der Waals surface area contributed by atoms with Crippen molar-refractivity contribution >= 4 is 46.6 Å². The van der Waals surface area contributed by atoms with Gasteiger partial charge in [-0.1, -0.05) is 83.1 Å². The van der Waals surface area contributed by atoms with E-state index in [0.717, 1.165) is 62.9 Å². The van der Waals surface area contributed by atoms with Crippen molar-refractivity contribution in [3.8, 4) is 11.2 Å². The molecule has 0 bridgehead atoms. The third kappa shape index (κ3) is 18.4. The van der Waals surface area contributed by atoms with Crippen molar-refractivity contribution in [3.63, 3.8) is 0 Å². The zero-order valence-corrected chi connectivity index (χ0v) is 27.7. The number of ether oxygens (including phenoxy) is 1. The number of halogens is 5. The molecule has 2 rings (SSSR count). The van der Waals surface area contributed by atoms with E-state index in [2.05, 4.69) is 15.0 Å². The van der Waals surface area contributed by atoms with Gasteiger partial charge in [0, 0.05) is 6.42 Å². The summed E-state index contributed by atoms with van der Waals surface area (Å²) in [6.07, 6.45) is 13.6. The van der Waals surface area contributed by atoms with Gasteiger partial charge in [-0.05, 0) is 37.7 Å². The van der Waals surface area contributed by atoms with Crippen LogP contribution in [-0.2, 0) is 20.4 Å². The van der Waals surface area contributed by atoms with E-state index in [9.17, 15) is 28.9 Å². The second-order valence-corrected chi connectivity index (χ2v) is 15.9. The van der Waals surface area contributed by atoms with Crippen LogP contribution in [0.2, 0.25) is 0 Å². The SMILES string of the molecule is C[C@H](Cn1cnc2c(N)ncnc21)OCP(=O)(O)OCCCSCCCCCCCCCCCCCC#CS(F)(F)(F)(F)F. The first kappa shape index (κ1) is 38.6. The first-order valence-corrected chi connectivity index (χ1v) is 19.7. The van der Waals surface area contributed by atoms with Gasteiger partial charge in [-0.3, -0.25) is 4.57 Å². The molecule has 0 fully saturated rings. The quantitative estimate of drug-likeness (QED) is 0.0508. The van der Waals surface area contributed by atoms with E-state index in [-0.39, 0.29) is 30.2 Å². The van der Waals surface area contributed by atoms with Crippen LogP contribution >= 0.6 is 29.6 Å². The van der Waals surface area contributed by atoms with Crippen molar-refractivity contribution in [2.45, 2.75) is 103 Å². The monoisotopic (exact) mass is 693 g/mol. The maximum atomic E-state index is 12.3. The Hall–Kier alpha value is -1.63. The lowest BCUT2D eigenvalue weighted by molar-refractivity contribution is 0.0718. The summed E-state index contributed by atoms with van der Waals surface area (Å²) in [5.41, 5.74) is 6.85. The molecule has 0 aliphatic rings. The molecular formula is C27H45F5N5O4PS2. The molecule has 2 aromatic heterocycles. The summed E-state index contributed by atoms with van der Waals surface area (Å²) in [4.78, 5) is 22.3. The zero-order chi connectivity index (χ0) is 32.6. The molecule has 0 aliphatic carbocycles. The Labute approximate surface area is 260 Å². The summed E-state index contributed by atoms with van der Waals surface area (Å²) in [5.74, 6) is 3.73. The summed E-state index contributed by atoms with van der Waals surface area (Å²) >= 11 is 1.80. The third-order valence-corrected chi connectivity index (χ3v) is 9.23. The molecule has 0 aliphatic heterocycles. The minimum Gasteiger partial charge on any atom is -0.382 e. The Morgan fingerprint density at radius 3 is 2.18 bits per heavy atom.